The van der Waals surface area contributed by atoms with E-state index in [1.165, 1.54) is 32.0 Å². The molecule has 1 aliphatic rings. The van der Waals surface area contributed by atoms with Gasteiger partial charge < -0.3 is 20.0 Å². The number of benzene rings is 2. The minimum absolute atomic E-state index is 0.0294. The summed E-state index contributed by atoms with van der Waals surface area (Å²) < 4.78 is 81.4. The summed E-state index contributed by atoms with van der Waals surface area (Å²) >= 11 is 0. The zero-order chi connectivity index (χ0) is 31.2. The molecular weight excluding hydrogens is 564 g/mol. The Morgan fingerprint density at radius 3 is 2.10 bits per heavy atom. The zero-order valence-electron chi connectivity index (χ0n) is 23.4. The van der Waals surface area contributed by atoms with E-state index in [-0.39, 0.29) is 18.4 Å². The summed E-state index contributed by atoms with van der Waals surface area (Å²) in [6.07, 6.45) is -9.07. The van der Waals surface area contributed by atoms with E-state index in [0.717, 1.165) is 5.56 Å². The van der Waals surface area contributed by atoms with Gasteiger partial charge in [-0.05, 0) is 68.1 Å². The highest BCUT2D eigenvalue weighted by Crippen LogP contribution is 2.41. The number of hydrogen-bond acceptors (Lipinski definition) is 5. The quantitative estimate of drug-likeness (QED) is 0.344. The van der Waals surface area contributed by atoms with Crippen molar-refractivity contribution in [2.45, 2.75) is 57.1 Å². The molecule has 1 aliphatic heterocycles. The highest BCUT2D eigenvalue weighted by molar-refractivity contribution is 6.03. The minimum atomic E-state index is -5.06. The Labute approximate surface area is 239 Å². The van der Waals surface area contributed by atoms with E-state index in [4.69, 9.17) is 0 Å². The fourth-order valence-electron chi connectivity index (χ4n) is 5.26. The Morgan fingerprint density at radius 1 is 0.976 bits per heavy atom. The van der Waals surface area contributed by atoms with Gasteiger partial charge in [-0.2, -0.15) is 26.3 Å². The summed E-state index contributed by atoms with van der Waals surface area (Å²) in [6.45, 7) is 4.50. The van der Waals surface area contributed by atoms with Crippen molar-refractivity contribution in [3.8, 4) is 11.1 Å². The average Bonchev–Trinajstić information content (AvgIpc) is 3.31. The van der Waals surface area contributed by atoms with E-state index in [1.54, 1.807) is 17.0 Å². The lowest BCUT2D eigenvalue weighted by Gasteiger charge is -2.32. The van der Waals surface area contributed by atoms with Crippen LogP contribution in [0.15, 0.2) is 54.7 Å². The van der Waals surface area contributed by atoms with Crippen molar-refractivity contribution >= 4 is 17.4 Å². The molecule has 1 aromatic heterocycles. The third kappa shape index (κ3) is 5.96. The van der Waals surface area contributed by atoms with Gasteiger partial charge in [0.25, 0.3) is 0 Å². The first-order valence-corrected chi connectivity index (χ1v) is 13.2. The van der Waals surface area contributed by atoms with Crippen molar-refractivity contribution < 1.29 is 41.4 Å². The van der Waals surface area contributed by atoms with Crippen molar-refractivity contribution in [3.63, 3.8) is 0 Å². The van der Waals surface area contributed by atoms with Gasteiger partial charge in [-0.15, -0.1) is 0 Å². The Hall–Kier alpha value is -3.64. The highest BCUT2D eigenvalue weighted by Gasteiger charge is 2.41. The maximum atomic E-state index is 13.9. The Bertz CT molecular complexity index is 1440. The van der Waals surface area contributed by atoms with Crippen LogP contribution in [0.25, 0.3) is 11.1 Å². The first-order chi connectivity index (χ1) is 19.5. The fraction of sp³-hybridized carbons (Fsp3) is 0.400. The van der Waals surface area contributed by atoms with Gasteiger partial charge >= 0.3 is 12.4 Å². The standard InChI is InChI=1S/C30H31F6N3O3/c1-17-7-5-6-8-21(17)22-14-26(39-10-9-25(41)24(39)16-40)37-15-23(22)38(4)27(42)28(2,3)18-11-19(29(31,32)33)13-20(12-18)30(34,35)36/h5-8,11-15,24-25,40-41H,9-10,16H2,1-4H3. The van der Waals surface area contributed by atoms with Gasteiger partial charge in [0.1, 0.15) is 5.82 Å². The van der Waals surface area contributed by atoms with Gasteiger partial charge in [-0.25, -0.2) is 4.98 Å². The van der Waals surface area contributed by atoms with Crippen LogP contribution in [0.4, 0.5) is 37.8 Å². The molecule has 12 heteroatoms. The second kappa shape index (κ2) is 11.2. The van der Waals surface area contributed by atoms with Gasteiger partial charge in [0.05, 0.1) is 47.2 Å². The number of aryl methyl sites for hydroxylation is 1. The van der Waals surface area contributed by atoms with Crippen molar-refractivity contribution in [2.75, 3.05) is 30.0 Å². The number of pyridine rings is 1. The molecule has 42 heavy (non-hydrogen) atoms. The second-order valence-corrected chi connectivity index (χ2v) is 11.0. The number of likely N-dealkylation sites (N-methyl/N-ethyl adjacent to an activating group) is 1. The van der Waals surface area contributed by atoms with Gasteiger partial charge in [0.2, 0.25) is 5.91 Å². The molecule has 2 N–H and O–H groups in total. The molecule has 1 fully saturated rings. The molecule has 1 saturated heterocycles. The van der Waals surface area contributed by atoms with Crippen LogP contribution in [0.2, 0.25) is 0 Å². The molecule has 0 aliphatic carbocycles. The monoisotopic (exact) mass is 595 g/mol. The number of aliphatic hydroxyl groups excluding tert-OH is 2. The van der Waals surface area contributed by atoms with Gasteiger partial charge in [0, 0.05) is 19.2 Å². The molecule has 0 spiro atoms. The molecule has 0 radical (unpaired) electrons. The van der Waals surface area contributed by atoms with Crippen molar-refractivity contribution in [1.29, 1.82) is 0 Å². The van der Waals surface area contributed by atoms with Crippen LogP contribution in [-0.4, -0.2) is 53.4 Å². The minimum Gasteiger partial charge on any atom is -0.394 e. The number of carbonyl (C=O) groups is 1. The molecule has 3 aromatic rings. The summed E-state index contributed by atoms with van der Waals surface area (Å²) in [4.78, 5) is 21.3. The third-order valence-electron chi connectivity index (χ3n) is 7.81. The topological polar surface area (TPSA) is 76.9 Å². The van der Waals surface area contributed by atoms with Crippen LogP contribution in [0.1, 0.15) is 42.5 Å². The molecule has 2 aromatic carbocycles. The number of anilines is 2. The largest absolute Gasteiger partial charge is 0.416 e. The number of carbonyl (C=O) groups excluding carboxylic acids is 1. The van der Waals surface area contributed by atoms with Crippen molar-refractivity contribution in [1.82, 2.24) is 4.98 Å². The zero-order valence-corrected chi connectivity index (χ0v) is 23.4. The van der Waals surface area contributed by atoms with Crippen LogP contribution in [0.5, 0.6) is 0 Å². The predicted octanol–water partition coefficient (Wildman–Crippen LogP) is 5.97. The summed E-state index contributed by atoms with van der Waals surface area (Å²) in [5.41, 5.74) is -2.91. The Kier molecular flexibility index (Phi) is 8.36. The number of nitrogens with zero attached hydrogens (tertiary/aromatic N) is 3. The van der Waals surface area contributed by atoms with E-state index >= 15 is 0 Å². The van der Waals surface area contributed by atoms with Gasteiger partial charge in [-0.1, -0.05) is 24.3 Å². The molecule has 2 atom stereocenters. The predicted molar refractivity (Wildman–Crippen MR) is 146 cm³/mol. The normalized spacial score (nSPS) is 18.0. The van der Waals surface area contributed by atoms with Gasteiger partial charge in [0.15, 0.2) is 0 Å². The average molecular weight is 596 g/mol. The molecule has 0 saturated carbocycles. The summed E-state index contributed by atoms with van der Waals surface area (Å²) in [6, 6.07) is 9.54. The maximum Gasteiger partial charge on any atom is 0.416 e. The first kappa shape index (κ1) is 31.3. The number of aromatic nitrogens is 1. The van der Waals surface area contributed by atoms with Crippen LogP contribution < -0.4 is 9.80 Å². The Morgan fingerprint density at radius 2 is 1.55 bits per heavy atom. The van der Waals surface area contributed by atoms with Crippen LogP contribution in [0.3, 0.4) is 0 Å². The first-order valence-electron chi connectivity index (χ1n) is 13.2. The lowest BCUT2D eigenvalue weighted by molar-refractivity contribution is -0.143. The number of hydrogen-bond donors (Lipinski definition) is 2. The molecule has 4 rings (SSSR count). The van der Waals surface area contributed by atoms with Crippen LogP contribution in [0, 0.1) is 6.92 Å². The molecular formula is C30H31F6N3O3. The molecule has 1 amide bonds. The van der Waals surface area contributed by atoms with Gasteiger partial charge in [-0.3, -0.25) is 4.79 Å². The molecule has 6 nitrogen and oxygen atoms in total. The number of rotatable bonds is 6. The number of halogens is 6. The molecule has 226 valence electrons. The maximum absolute atomic E-state index is 13.9. The smallest absolute Gasteiger partial charge is 0.394 e. The molecule has 0 bridgehead atoms. The molecule has 2 unspecified atom stereocenters. The number of aliphatic hydroxyl groups is 2. The summed E-state index contributed by atoms with van der Waals surface area (Å²) in [5, 5.41) is 20.1. The summed E-state index contributed by atoms with van der Waals surface area (Å²) in [5.74, 6) is -0.329. The fourth-order valence-corrected chi connectivity index (χ4v) is 5.26. The molecule has 2 heterocycles. The van der Waals surface area contributed by atoms with E-state index in [2.05, 4.69) is 4.98 Å². The Balaban J connectivity index is 1.82. The highest BCUT2D eigenvalue weighted by atomic mass is 19.4. The van der Waals surface area contributed by atoms with Crippen LogP contribution in [-0.2, 0) is 22.6 Å². The lowest BCUT2D eigenvalue weighted by atomic mass is 9.81. The van der Waals surface area contributed by atoms with E-state index in [0.29, 0.717) is 42.0 Å². The SMILES string of the molecule is Cc1ccccc1-c1cc(N2CCC(O)C2CO)ncc1N(C)C(=O)C(C)(C)c1cc(C(F)(F)F)cc(C(F)(F)F)c1. The van der Waals surface area contributed by atoms with E-state index in [1.807, 2.05) is 25.1 Å². The van der Waals surface area contributed by atoms with Crippen molar-refractivity contribution in [3.05, 3.63) is 77.0 Å². The lowest BCUT2D eigenvalue weighted by Crippen LogP contribution is -2.42. The summed E-state index contributed by atoms with van der Waals surface area (Å²) in [7, 11) is 1.39. The third-order valence-corrected chi connectivity index (χ3v) is 7.81. The van der Waals surface area contributed by atoms with E-state index in [9.17, 15) is 41.4 Å². The van der Waals surface area contributed by atoms with E-state index < -0.39 is 52.5 Å². The van der Waals surface area contributed by atoms with Crippen molar-refractivity contribution in [2.24, 2.45) is 0 Å². The number of alkyl halides is 6. The number of amides is 1. The second-order valence-electron chi connectivity index (χ2n) is 11.0. The van der Waals surface area contributed by atoms with Crippen LogP contribution >= 0.6 is 0 Å².